The Kier molecular flexibility index (Phi) is 27.9. The predicted molar refractivity (Wildman–Crippen MR) is 239 cm³/mol. The van der Waals surface area contributed by atoms with Gasteiger partial charge in [0.25, 0.3) is 0 Å². The molecule has 1 aliphatic rings. The highest BCUT2D eigenvalue weighted by atomic mass is 16.7. The Morgan fingerprint density at radius 1 is 0.627 bits per heavy atom. The minimum atomic E-state index is -1.45. The Morgan fingerprint density at radius 3 is 1.56 bits per heavy atom. The normalized spacial score (nSPS) is 21.1. The molecule has 0 aromatic rings. The molecule has 0 aromatic carbocycles. The van der Waals surface area contributed by atoms with Crippen molar-refractivity contribution >= 4 is 17.9 Å². The van der Waals surface area contributed by atoms with E-state index in [9.17, 15) is 24.6 Å². The first-order valence-electron chi connectivity index (χ1n) is 21.2. The topological polar surface area (TPSA) is 140 Å². The Balaban J connectivity index is 2.58. The van der Waals surface area contributed by atoms with Crippen LogP contribution in [0.5, 0.6) is 0 Å². The lowest BCUT2D eigenvalue weighted by Gasteiger charge is -2.36. The average Bonchev–Trinajstić information content (AvgIpc) is 3.19. The number of ether oxygens (including phenoxy) is 3. The van der Waals surface area contributed by atoms with Crippen molar-refractivity contribution in [3.63, 3.8) is 0 Å². The van der Waals surface area contributed by atoms with Gasteiger partial charge in [0.2, 0.25) is 6.29 Å². The Labute approximate surface area is 354 Å². The molecule has 3 N–H and O–H groups in total. The standard InChI is InChI=1S/C50H72O9/c1-9-37(2)24-16-14-12-10-11-13-15-17-35-45(52)58-47-46(53)44(51)36-57-50(47)59-49(56)43(8)34-23-32-41(6)30-21-28-39(4)26-19-18-25-38(3)27-20-29-40(5)31-22-33-42(7)48(54)55/h18-23,25-34,37,44,46-47,50-51,53H,9-17,24,35-36H2,1-8H3,(H,54,55)/b19-18+,27-20+,28-21+,31-22+,32-23+,38-25+,39-26+,40-29+,41-30+,42-33+,43-34+/t37?,44-,46-,47?,50+/m1/s1. The van der Waals surface area contributed by atoms with Gasteiger partial charge in [-0.3, -0.25) is 4.79 Å². The third-order valence-electron chi connectivity index (χ3n) is 9.78. The van der Waals surface area contributed by atoms with Gasteiger partial charge in [0.05, 0.1) is 6.61 Å². The van der Waals surface area contributed by atoms with Crippen LogP contribution < -0.4 is 0 Å². The van der Waals surface area contributed by atoms with Crippen LogP contribution >= 0.6 is 0 Å². The largest absolute Gasteiger partial charge is 0.478 e. The molecule has 1 fully saturated rings. The maximum absolute atomic E-state index is 12.9. The van der Waals surface area contributed by atoms with Crippen molar-refractivity contribution < 1.29 is 43.9 Å². The molecule has 9 heteroatoms. The molecule has 1 aliphatic heterocycles. The Morgan fingerprint density at radius 2 is 1.07 bits per heavy atom. The van der Waals surface area contributed by atoms with Crippen LogP contribution in [0.1, 0.15) is 126 Å². The number of hydrogen-bond donors (Lipinski definition) is 3. The van der Waals surface area contributed by atoms with Crippen LogP contribution in [0, 0.1) is 5.92 Å². The number of hydrogen-bond acceptors (Lipinski definition) is 8. The van der Waals surface area contributed by atoms with E-state index in [0.29, 0.717) is 6.42 Å². The molecule has 0 aliphatic carbocycles. The molecule has 2 unspecified atom stereocenters. The molecule has 1 saturated heterocycles. The Bertz CT molecular complexity index is 1640. The fourth-order valence-corrected chi connectivity index (χ4v) is 5.60. The van der Waals surface area contributed by atoms with E-state index in [4.69, 9.17) is 19.3 Å². The SMILES string of the molecule is CCC(C)CCCCCCCCCCC(=O)OC1[C@H](OC(=O)/C(C)=C/C=C/C(C)=C/C=C/C(C)=C/C=C/C=C(C)/C=C/C=C(C)/C=C/C=C(\C)C(=O)O)OC[C@@H](O)[C@H]1O. The molecule has 5 atom stereocenters. The van der Waals surface area contributed by atoms with Gasteiger partial charge in [-0.1, -0.05) is 191 Å². The zero-order valence-electron chi connectivity index (χ0n) is 36.9. The molecule has 0 radical (unpaired) electrons. The number of rotatable bonds is 26. The van der Waals surface area contributed by atoms with Crippen LogP contribution in [0.15, 0.2) is 131 Å². The van der Waals surface area contributed by atoms with Gasteiger partial charge in [0, 0.05) is 17.6 Å². The number of aliphatic hydroxyl groups is 2. The first-order valence-corrected chi connectivity index (χ1v) is 21.2. The van der Waals surface area contributed by atoms with Gasteiger partial charge in [-0.25, -0.2) is 9.59 Å². The maximum Gasteiger partial charge on any atom is 0.336 e. The van der Waals surface area contributed by atoms with E-state index < -0.39 is 42.5 Å². The van der Waals surface area contributed by atoms with E-state index in [-0.39, 0.29) is 24.2 Å². The zero-order valence-corrected chi connectivity index (χ0v) is 36.9. The van der Waals surface area contributed by atoms with Crippen LogP contribution in [0.3, 0.4) is 0 Å². The summed E-state index contributed by atoms with van der Waals surface area (Å²) in [6, 6.07) is 0. The van der Waals surface area contributed by atoms with E-state index in [2.05, 4.69) is 13.8 Å². The quantitative estimate of drug-likeness (QED) is 0.0337. The number of esters is 2. The van der Waals surface area contributed by atoms with Crippen molar-refractivity contribution in [2.24, 2.45) is 5.92 Å². The van der Waals surface area contributed by atoms with Crippen molar-refractivity contribution in [1.29, 1.82) is 0 Å². The second-order valence-electron chi connectivity index (χ2n) is 15.5. The lowest BCUT2D eigenvalue weighted by Crippen LogP contribution is -2.56. The summed E-state index contributed by atoms with van der Waals surface area (Å²) >= 11 is 0. The van der Waals surface area contributed by atoms with Gasteiger partial charge in [0.1, 0.15) is 12.2 Å². The van der Waals surface area contributed by atoms with E-state index in [0.717, 1.165) is 47.5 Å². The minimum absolute atomic E-state index is 0.168. The molecule has 0 amide bonds. The van der Waals surface area contributed by atoms with Crippen molar-refractivity contribution in [3.8, 4) is 0 Å². The number of unbranched alkanes of at least 4 members (excludes halogenated alkanes) is 7. The van der Waals surface area contributed by atoms with Gasteiger partial charge in [0.15, 0.2) is 6.10 Å². The first-order chi connectivity index (χ1) is 28.1. The summed E-state index contributed by atoms with van der Waals surface area (Å²) in [6.45, 7) is 15.3. The van der Waals surface area contributed by atoms with Gasteiger partial charge in [-0.2, -0.15) is 0 Å². The summed E-state index contributed by atoms with van der Waals surface area (Å²) in [5.74, 6) is -1.35. The minimum Gasteiger partial charge on any atom is -0.478 e. The van der Waals surface area contributed by atoms with E-state index in [1.54, 1.807) is 38.2 Å². The van der Waals surface area contributed by atoms with E-state index >= 15 is 0 Å². The van der Waals surface area contributed by atoms with Crippen LogP contribution in [0.4, 0.5) is 0 Å². The smallest absolute Gasteiger partial charge is 0.336 e. The predicted octanol–water partition coefficient (Wildman–Crippen LogP) is 11.0. The number of carboxylic acids is 1. The highest BCUT2D eigenvalue weighted by molar-refractivity contribution is 5.88. The van der Waals surface area contributed by atoms with E-state index in [1.807, 2.05) is 101 Å². The number of aliphatic hydroxyl groups excluding tert-OH is 2. The first kappa shape index (κ1) is 52.4. The Hall–Kier alpha value is -4.57. The number of aliphatic carboxylic acids is 1. The highest BCUT2D eigenvalue weighted by Gasteiger charge is 2.43. The van der Waals surface area contributed by atoms with Crippen LogP contribution in [-0.4, -0.2) is 64.4 Å². The molecular formula is C50H72O9. The summed E-state index contributed by atoms with van der Waals surface area (Å²) in [7, 11) is 0. The van der Waals surface area contributed by atoms with Crippen molar-refractivity contribution in [2.75, 3.05) is 6.61 Å². The summed E-state index contributed by atoms with van der Waals surface area (Å²) in [4.78, 5) is 36.4. The molecule has 9 nitrogen and oxygen atoms in total. The maximum atomic E-state index is 12.9. The zero-order chi connectivity index (χ0) is 44.0. The van der Waals surface area contributed by atoms with E-state index in [1.165, 1.54) is 38.5 Å². The fourth-order valence-electron chi connectivity index (χ4n) is 5.60. The van der Waals surface area contributed by atoms with Gasteiger partial charge >= 0.3 is 17.9 Å². The summed E-state index contributed by atoms with van der Waals surface area (Å²) in [5.41, 5.74) is 4.65. The molecule has 0 bridgehead atoms. The second kappa shape index (κ2) is 31.4. The van der Waals surface area contributed by atoms with Crippen molar-refractivity contribution in [1.82, 2.24) is 0 Å². The number of carbonyl (C=O) groups excluding carboxylic acids is 2. The van der Waals surface area contributed by atoms with Crippen LogP contribution in [0.2, 0.25) is 0 Å². The molecular weight excluding hydrogens is 745 g/mol. The van der Waals surface area contributed by atoms with Gasteiger partial charge in [-0.15, -0.1) is 0 Å². The van der Waals surface area contributed by atoms with Crippen LogP contribution in [0.25, 0.3) is 0 Å². The fraction of sp³-hybridized carbons (Fsp3) is 0.500. The summed E-state index contributed by atoms with van der Waals surface area (Å²) in [6.07, 6.45) is 36.1. The molecule has 1 rings (SSSR count). The van der Waals surface area contributed by atoms with Gasteiger partial charge in [-0.05, 0) is 53.9 Å². The van der Waals surface area contributed by atoms with Crippen molar-refractivity contribution in [3.05, 3.63) is 131 Å². The highest BCUT2D eigenvalue weighted by Crippen LogP contribution is 2.22. The summed E-state index contributed by atoms with van der Waals surface area (Å²) in [5, 5.41) is 29.6. The monoisotopic (exact) mass is 817 g/mol. The number of allylic oxidation sites excluding steroid dienone is 20. The number of carboxylic acid groups (broad SMARTS) is 1. The van der Waals surface area contributed by atoms with Crippen molar-refractivity contribution in [2.45, 2.75) is 151 Å². The molecule has 0 aromatic heterocycles. The molecule has 0 saturated carbocycles. The van der Waals surface area contributed by atoms with Gasteiger partial charge < -0.3 is 29.5 Å². The third kappa shape index (κ3) is 25.5. The average molecular weight is 817 g/mol. The molecule has 0 spiro atoms. The second-order valence-corrected chi connectivity index (χ2v) is 15.5. The lowest BCUT2D eigenvalue weighted by molar-refractivity contribution is -0.267. The lowest BCUT2D eigenvalue weighted by atomic mass is 9.99. The van der Waals surface area contributed by atoms with Crippen LogP contribution in [-0.2, 0) is 28.6 Å². The third-order valence-corrected chi connectivity index (χ3v) is 9.78. The number of carbonyl (C=O) groups is 3. The molecule has 1 heterocycles. The molecule has 326 valence electrons. The molecule has 59 heavy (non-hydrogen) atoms. The summed E-state index contributed by atoms with van der Waals surface area (Å²) < 4.78 is 16.4.